The number of para-hydroxylation sites is 1. The molecule has 0 amide bonds. The lowest BCUT2D eigenvalue weighted by atomic mass is 10.1. The minimum Gasteiger partial charge on any atom is -0.493 e. The number of fused-ring (bicyclic) bond motifs is 2. The highest BCUT2D eigenvalue weighted by Crippen LogP contribution is 2.28. The van der Waals surface area contributed by atoms with Crippen molar-refractivity contribution in [3.63, 3.8) is 0 Å². The molecule has 0 aliphatic carbocycles. The molecule has 1 aromatic heterocycles. The van der Waals surface area contributed by atoms with E-state index in [2.05, 4.69) is 40.6 Å². The summed E-state index contributed by atoms with van der Waals surface area (Å²) in [5, 5.41) is 4.61. The summed E-state index contributed by atoms with van der Waals surface area (Å²) in [5.41, 5.74) is 4.49. The quantitative estimate of drug-likeness (QED) is 0.790. The van der Waals surface area contributed by atoms with Crippen LogP contribution in [-0.4, -0.2) is 11.6 Å². The summed E-state index contributed by atoms with van der Waals surface area (Å²) < 4.78 is 5.52. The van der Waals surface area contributed by atoms with E-state index in [1.165, 1.54) is 10.9 Å². The minimum absolute atomic E-state index is 0.727. The van der Waals surface area contributed by atoms with Crippen molar-refractivity contribution >= 4 is 16.6 Å². The van der Waals surface area contributed by atoms with Crippen molar-refractivity contribution in [2.45, 2.75) is 13.0 Å². The van der Waals surface area contributed by atoms with Crippen molar-refractivity contribution in [3.05, 3.63) is 65.9 Å². The highest BCUT2D eigenvalue weighted by atomic mass is 16.5. The van der Waals surface area contributed by atoms with E-state index >= 15 is 0 Å². The van der Waals surface area contributed by atoms with Crippen LogP contribution in [0.1, 0.15) is 11.3 Å². The summed E-state index contributed by atoms with van der Waals surface area (Å²) in [7, 11) is 0. The van der Waals surface area contributed by atoms with Crippen molar-refractivity contribution in [2.75, 3.05) is 11.9 Å². The molecule has 0 unspecified atom stereocenters. The summed E-state index contributed by atoms with van der Waals surface area (Å²) >= 11 is 0. The van der Waals surface area contributed by atoms with Crippen LogP contribution in [0.3, 0.4) is 0 Å². The van der Waals surface area contributed by atoms with E-state index < -0.39 is 0 Å². The van der Waals surface area contributed by atoms with Crippen molar-refractivity contribution in [3.8, 4) is 5.75 Å². The van der Waals surface area contributed by atoms with Gasteiger partial charge in [-0.2, -0.15) is 0 Å². The van der Waals surface area contributed by atoms with Crippen LogP contribution in [0.25, 0.3) is 10.9 Å². The summed E-state index contributed by atoms with van der Waals surface area (Å²) in [6.07, 6.45) is 0.999. The molecule has 3 nitrogen and oxygen atoms in total. The Labute approximate surface area is 123 Å². The second-order valence-corrected chi connectivity index (χ2v) is 5.27. The molecule has 3 heteroatoms. The van der Waals surface area contributed by atoms with Gasteiger partial charge in [-0.3, -0.25) is 4.98 Å². The molecule has 0 spiro atoms. The zero-order valence-electron chi connectivity index (χ0n) is 11.7. The molecule has 1 aliphatic heterocycles. The molecule has 21 heavy (non-hydrogen) atoms. The zero-order chi connectivity index (χ0) is 14.1. The first-order valence-corrected chi connectivity index (χ1v) is 7.23. The van der Waals surface area contributed by atoms with E-state index in [0.717, 1.165) is 42.2 Å². The van der Waals surface area contributed by atoms with Crippen LogP contribution in [0.5, 0.6) is 5.75 Å². The third-order valence-electron chi connectivity index (χ3n) is 3.82. The summed E-state index contributed by atoms with van der Waals surface area (Å²) in [6, 6.07) is 18.7. The Morgan fingerprint density at radius 2 is 2.00 bits per heavy atom. The number of aromatic nitrogens is 1. The Morgan fingerprint density at radius 3 is 3.00 bits per heavy atom. The van der Waals surface area contributed by atoms with Crippen LogP contribution in [0, 0.1) is 0 Å². The molecule has 3 aromatic rings. The van der Waals surface area contributed by atoms with Gasteiger partial charge in [-0.25, -0.2) is 0 Å². The van der Waals surface area contributed by atoms with Gasteiger partial charge < -0.3 is 10.1 Å². The average molecular weight is 276 g/mol. The predicted molar refractivity (Wildman–Crippen MR) is 84.7 cm³/mol. The van der Waals surface area contributed by atoms with Gasteiger partial charge in [0.05, 0.1) is 24.4 Å². The number of nitrogens with zero attached hydrogens (tertiary/aromatic N) is 1. The summed E-state index contributed by atoms with van der Waals surface area (Å²) in [4.78, 5) is 4.68. The van der Waals surface area contributed by atoms with Crippen molar-refractivity contribution in [1.82, 2.24) is 4.98 Å². The Kier molecular flexibility index (Phi) is 2.96. The second kappa shape index (κ2) is 5.09. The maximum atomic E-state index is 5.52. The fourth-order valence-electron chi connectivity index (χ4n) is 2.70. The van der Waals surface area contributed by atoms with E-state index in [4.69, 9.17) is 4.74 Å². The first-order chi connectivity index (χ1) is 10.4. The molecule has 104 valence electrons. The third kappa shape index (κ3) is 2.42. The number of anilines is 1. The molecular weight excluding hydrogens is 260 g/mol. The van der Waals surface area contributed by atoms with Crippen LogP contribution >= 0.6 is 0 Å². The van der Waals surface area contributed by atoms with Gasteiger partial charge in [0.1, 0.15) is 5.75 Å². The lowest BCUT2D eigenvalue weighted by Gasteiger charge is -2.08. The van der Waals surface area contributed by atoms with Gasteiger partial charge >= 0.3 is 0 Å². The molecule has 0 bridgehead atoms. The Bertz CT molecular complexity index is 798. The Morgan fingerprint density at radius 1 is 1.05 bits per heavy atom. The molecule has 1 N–H and O–H groups in total. The fourth-order valence-corrected chi connectivity index (χ4v) is 2.70. The molecule has 0 atom stereocenters. The maximum Gasteiger partial charge on any atom is 0.122 e. The number of hydrogen-bond donors (Lipinski definition) is 1. The number of rotatable bonds is 3. The van der Waals surface area contributed by atoms with E-state index in [9.17, 15) is 0 Å². The van der Waals surface area contributed by atoms with Crippen molar-refractivity contribution in [2.24, 2.45) is 0 Å². The normalized spacial score (nSPS) is 13.0. The highest BCUT2D eigenvalue weighted by Gasteiger charge is 2.11. The van der Waals surface area contributed by atoms with Crippen LogP contribution < -0.4 is 10.1 Å². The first-order valence-electron chi connectivity index (χ1n) is 7.23. The summed E-state index contributed by atoms with van der Waals surface area (Å²) in [5.74, 6) is 1.02. The topological polar surface area (TPSA) is 34.2 Å². The molecular formula is C18H16N2O. The number of pyridine rings is 1. The van der Waals surface area contributed by atoms with Crippen LogP contribution in [0.15, 0.2) is 54.6 Å². The number of nitrogens with one attached hydrogen (secondary N) is 1. The predicted octanol–water partition coefficient (Wildman–Crippen LogP) is 3.78. The second-order valence-electron chi connectivity index (χ2n) is 5.27. The van der Waals surface area contributed by atoms with Crippen LogP contribution in [0.2, 0.25) is 0 Å². The van der Waals surface area contributed by atoms with Gasteiger partial charge in [0.15, 0.2) is 0 Å². The lowest BCUT2D eigenvalue weighted by molar-refractivity contribution is 0.357. The van der Waals surface area contributed by atoms with Crippen LogP contribution in [0.4, 0.5) is 5.69 Å². The lowest BCUT2D eigenvalue weighted by Crippen LogP contribution is -2.01. The fraction of sp³-hybridized carbons (Fsp3) is 0.167. The molecule has 0 fully saturated rings. The number of benzene rings is 2. The molecule has 0 saturated heterocycles. The Balaban J connectivity index is 1.52. The van der Waals surface area contributed by atoms with E-state index in [0.29, 0.717) is 0 Å². The van der Waals surface area contributed by atoms with Crippen molar-refractivity contribution in [1.29, 1.82) is 0 Å². The highest BCUT2D eigenvalue weighted by molar-refractivity contribution is 5.78. The SMILES string of the molecule is c1ccc2nc(CNc3ccc4c(c3)CCO4)ccc2c1. The zero-order valence-corrected chi connectivity index (χ0v) is 11.7. The summed E-state index contributed by atoms with van der Waals surface area (Å²) in [6.45, 7) is 1.52. The van der Waals surface area contributed by atoms with Gasteiger partial charge in [-0.1, -0.05) is 24.3 Å². The minimum atomic E-state index is 0.727. The van der Waals surface area contributed by atoms with Gasteiger partial charge in [0, 0.05) is 17.5 Å². The molecule has 0 radical (unpaired) electrons. The monoisotopic (exact) mass is 276 g/mol. The molecule has 0 saturated carbocycles. The van der Waals surface area contributed by atoms with Crippen LogP contribution in [-0.2, 0) is 13.0 Å². The standard InChI is InChI=1S/C18H16N2O/c1-2-4-17-13(3-1)5-6-16(20-17)12-19-15-7-8-18-14(11-15)9-10-21-18/h1-8,11,19H,9-10,12H2. The van der Waals surface area contributed by atoms with E-state index in [1.54, 1.807) is 0 Å². The number of hydrogen-bond acceptors (Lipinski definition) is 3. The maximum absolute atomic E-state index is 5.52. The van der Waals surface area contributed by atoms with Gasteiger partial charge in [0.2, 0.25) is 0 Å². The van der Waals surface area contributed by atoms with Gasteiger partial charge in [-0.05, 0) is 35.9 Å². The average Bonchev–Trinajstić information content (AvgIpc) is 3.00. The third-order valence-corrected chi connectivity index (χ3v) is 3.82. The first kappa shape index (κ1) is 12.2. The molecule has 2 heterocycles. The van der Waals surface area contributed by atoms with Crippen molar-refractivity contribution < 1.29 is 4.74 Å². The van der Waals surface area contributed by atoms with Gasteiger partial charge in [-0.15, -0.1) is 0 Å². The van der Waals surface area contributed by atoms with Gasteiger partial charge in [0.25, 0.3) is 0 Å². The Hall–Kier alpha value is -2.55. The molecule has 4 rings (SSSR count). The number of ether oxygens (including phenoxy) is 1. The molecule has 1 aliphatic rings. The van der Waals surface area contributed by atoms with E-state index in [-0.39, 0.29) is 0 Å². The van der Waals surface area contributed by atoms with E-state index in [1.807, 2.05) is 24.3 Å². The molecule has 2 aromatic carbocycles. The smallest absolute Gasteiger partial charge is 0.122 e. The largest absolute Gasteiger partial charge is 0.493 e.